The van der Waals surface area contributed by atoms with Crippen molar-refractivity contribution >= 4 is 5.65 Å². The molecule has 2 N–H and O–H groups in total. The van der Waals surface area contributed by atoms with Crippen LogP contribution in [-0.2, 0) is 6.61 Å². The summed E-state index contributed by atoms with van der Waals surface area (Å²) in [6.07, 6.45) is 1.58. The van der Waals surface area contributed by atoms with E-state index in [0.29, 0.717) is 5.69 Å². The highest BCUT2D eigenvalue weighted by molar-refractivity contribution is 5.45. The van der Waals surface area contributed by atoms with Crippen LogP contribution >= 0.6 is 0 Å². The van der Waals surface area contributed by atoms with E-state index >= 15 is 0 Å². The third-order valence-corrected chi connectivity index (χ3v) is 2.09. The van der Waals surface area contributed by atoms with Crippen molar-refractivity contribution < 1.29 is 10.2 Å². The molecule has 0 fully saturated rings. The Labute approximate surface area is 75.1 Å². The summed E-state index contributed by atoms with van der Waals surface area (Å²) in [5, 5.41) is 18.2. The molecule has 0 aliphatic carbocycles. The van der Waals surface area contributed by atoms with Crippen molar-refractivity contribution in [2.75, 3.05) is 0 Å². The minimum absolute atomic E-state index is 0.0751. The summed E-state index contributed by atoms with van der Waals surface area (Å²) in [6, 6.07) is 3.28. The zero-order chi connectivity index (χ0) is 9.42. The largest absolute Gasteiger partial charge is 0.506 e. The molecule has 0 spiro atoms. The number of aromatic hydroxyl groups is 1. The van der Waals surface area contributed by atoms with Crippen LogP contribution in [0, 0.1) is 6.92 Å². The van der Waals surface area contributed by atoms with Gasteiger partial charge in [0.15, 0.2) is 0 Å². The number of nitrogens with zero attached hydrogens (tertiary/aromatic N) is 2. The molecule has 0 bridgehead atoms. The molecule has 0 amide bonds. The van der Waals surface area contributed by atoms with Crippen LogP contribution in [0.4, 0.5) is 0 Å². The van der Waals surface area contributed by atoms with Crippen molar-refractivity contribution in [2.45, 2.75) is 13.5 Å². The lowest BCUT2D eigenvalue weighted by Gasteiger charge is -1.96. The molecule has 4 heteroatoms. The van der Waals surface area contributed by atoms with Crippen molar-refractivity contribution in [2.24, 2.45) is 0 Å². The van der Waals surface area contributed by atoms with Gasteiger partial charge in [0.1, 0.15) is 11.4 Å². The molecule has 4 nitrogen and oxygen atoms in total. The third kappa shape index (κ3) is 1.15. The van der Waals surface area contributed by atoms with Gasteiger partial charge >= 0.3 is 0 Å². The Morgan fingerprint density at radius 2 is 2.23 bits per heavy atom. The van der Waals surface area contributed by atoms with Crippen molar-refractivity contribution in [3.8, 4) is 5.75 Å². The van der Waals surface area contributed by atoms with Gasteiger partial charge in [0.25, 0.3) is 0 Å². The zero-order valence-electron chi connectivity index (χ0n) is 7.23. The van der Waals surface area contributed by atoms with Crippen molar-refractivity contribution in [1.29, 1.82) is 0 Å². The predicted octanol–water partition coefficient (Wildman–Crippen LogP) is 0.841. The molecule has 0 unspecified atom stereocenters. The van der Waals surface area contributed by atoms with Gasteiger partial charge in [-0.3, -0.25) is 0 Å². The maximum Gasteiger partial charge on any atom is 0.137 e. The summed E-state index contributed by atoms with van der Waals surface area (Å²) in [4.78, 5) is 4.17. The van der Waals surface area contributed by atoms with Gasteiger partial charge in [-0.15, -0.1) is 0 Å². The number of aliphatic hydroxyl groups is 1. The first kappa shape index (κ1) is 8.07. The highest BCUT2D eigenvalue weighted by Gasteiger charge is 2.06. The zero-order valence-corrected chi connectivity index (χ0v) is 7.23. The standard InChI is InChI=1S/C9H10N2O2/c1-6-8(5-12)10-9-3-2-7(13)4-11(6)9/h2-4,12-13H,5H2,1H3. The van der Waals surface area contributed by atoms with Gasteiger partial charge in [0, 0.05) is 5.69 Å². The molecule has 0 aliphatic rings. The fraction of sp³-hybridized carbons (Fsp3) is 0.222. The maximum absolute atomic E-state index is 9.23. The Bertz CT molecular complexity index is 448. The molecule has 68 valence electrons. The van der Waals surface area contributed by atoms with Crippen LogP contribution in [0.1, 0.15) is 11.4 Å². The smallest absolute Gasteiger partial charge is 0.137 e. The molecule has 0 aliphatic heterocycles. The Balaban J connectivity index is 2.77. The molecule has 0 atom stereocenters. The van der Waals surface area contributed by atoms with Crippen LogP contribution in [0.2, 0.25) is 0 Å². The molecular formula is C9H10N2O2. The summed E-state index contributed by atoms with van der Waals surface area (Å²) >= 11 is 0. The summed E-state index contributed by atoms with van der Waals surface area (Å²) < 4.78 is 1.75. The molecule has 0 saturated heterocycles. The number of aryl methyl sites for hydroxylation is 1. The van der Waals surface area contributed by atoms with Crippen molar-refractivity contribution in [3.05, 3.63) is 29.7 Å². The number of hydrogen-bond donors (Lipinski definition) is 2. The molecule has 0 aromatic carbocycles. The number of hydrogen-bond acceptors (Lipinski definition) is 3. The second-order valence-corrected chi connectivity index (χ2v) is 2.92. The molecule has 0 radical (unpaired) electrons. The van der Waals surface area contributed by atoms with Crippen LogP contribution < -0.4 is 0 Å². The van der Waals surface area contributed by atoms with Crippen LogP contribution in [0.15, 0.2) is 18.3 Å². The lowest BCUT2D eigenvalue weighted by atomic mass is 10.3. The van der Waals surface area contributed by atoms with Crippen LogP contribution in [-0.4, -0.2) is 19.6 Å². The fourth-order valence-corrected chi connectivity index (χ4v) is 1.35. The maximum atomic E-state index is 9.23. The van der Waals surface area contributed by atoms with E-state index in [0.717, 1.165) is 11.3 Å². The van der Waals surface area contributed by atoms with E-state index in [1.165, 1.54) is 0 Å². The number of aromatic nitrogens is 2. The first-order valence-electron chi connectivity index (χ1n) is 4.00. The predicted molar refractivity (Wildman–Crippen MR) is 47.5 cm³/mol. The lowest BCUT2D eigenvalue weighted by Crippen LogP contribution is -1.88. The fourth-order valence-electron chi connectivity index (χ4n) is 1.35. The molecule has 2 rings (SSSR count). The Hall–Kier alpha value is -1.55. The molecule has 13 heavy (non-hydrogen) atoms. The van der Waals surface area contributed by atoms with Gasteiger partial charge in [0.05, 0.1) is 18.5 Å². The number of aliphatic hydroxyl groups excluding tert-OH is 1. The molecule has 2 aromatic rings. The molecule has 2 heterocycles. The quantitative estimate of drug-likeness (QED) is 0.680. The second kappa shape index (κ2) is 2.74. The van der Waals surface area contributed by atoms with Crippen molar-refractivity contribution in [1.82, 2.24) is 9.38 Å². The Morgan fingerprint density at radius 1 is 1.46 bits per heavy atom. The van der Waals surface area contributed by atoms with E-state index in [4.69, 9.17) is 5.11 Å². The van der Waals surface area contributed by atoms with Crippen LogP contribution in [0.5, 0.6) is 5.75 Å². The Kier molecular flexibility index (Phi) is 1.70. The normalized spacial score (nSPS) is 10.9. The van der Waals surface area contributed by atoms with Gasteiger partial charge in [-0.25, -0.2) is 4.98 Å². The van der Waals surface area contributed by atoms with E-state index in [-0.39, 0.29) is 12.4 Å². The summed E-state index contributed by atoms with van der Waals surface area (Å²) in [7, 11) is 0. The van der Waals surface area contributed by atoms with Gasteiger partial charge in [-0.1, -0.05) is 0 Å². The average Bonchev–Trinajstić information content (AvgIpc) is 2.44. The Morgan fingerprint density at radius 3 is 2.92 bits per heavy atom. The summed E-state index contributed by atoms with van der Waals surface area (Å²) in [5.74, 6) is 0.192. The second-order valence-electron chi connectivity index (χ2n) is 2.92. The van der Waals surface area contributed by atoms with Gasteiger partial charge in [0.2, 0.25) is 0 Å². The average molecular weight is 178 g/mol. The first-order valence-corrected chi connectivity index (χ1v) is 4.00. The minimum Gasteiger partial charge on any atom is -0.506 e. The van der Waals surface area contributed by atoms with E-state index in [2.05, 4.69) is 4.98 Å². The third-order valence-electron chi connectivity index (χ3n) is 2.09. The molecule has 0 saturated carbocycles. The van der Waals surface area contributed by atoms with Crippen LogP contribution in [0.25, 0.3) is 5.65 Å². The number of pyridine rings is 1. The number of fused-ring (bicyclic) bond motifs is 1. The van der Waals surface area contributed by atoms with Gasteiger partial charge in [-0.2, -0.15) is 0 Å². The lowest BCUT2D eigenvalue weighted by molar-refractivity contribution is 0.276. The summed E-state index contributed by atoms with van der Waals surface area (Å²) in [5.41, 5.74) is 2.23. The van der Waals surface area contributed by atoms with Gasteiger partial charge < -0.3 is 14.6 Å². The topological polar surface area (TPSA) is 57.8 Å². The van der Waals surface area contributed by atoms with Crippen LogP contribution in [0.3, 0.4) is 0 Å². The SMILES string of the molecule is Cc1c(CO)nc2ccc(O)cn12. The van der Waals surface area contributed by atoms with Crippen molar-refractivity contribution in [3.63, 3.8) is 0 Å². The first-order chi connectivity index (χ1) is 6.22. The number of imidazole rings is 1. The van der Waals surface area contributed by atoms with Gasteiger partial charge in [-0.05, 0) is 19.1 Å². The van der Waals surface area contributed by atoms with E-state index < -0.39 is 0 Å². The van der Waals surface area contributed by atoms with E-state index in [1.54, 1.807) is 22.7 Å². The van der Waals surface area contributed by atoms with E-state index in [1.807, 2.05) is 6.92 Å². The highest BCUT2D eigenvalue weighted by atomic mass is 16.3. The van der Waals surface area contributed by atoms with E-state index in [9.17, 15) is 5.11 Å². The highest BCUT2D eigenvalue weighted by Crippen LogP contribution is 2.15. The number of rotatable bonds is 1. The minimum atomic E-state index is -0.0751. The monoisotopic (exact) mass is 178 g/mol. The summed E-state index contributed by atoms with van der Waals surface area (Å²) in [6.45, 7) is 1.78. The molecule has 2 aromatic heterocycles. The molecular weight excluding hydrogens is 168 g/mol.